The number of hydrogen-bond donors (Lipinski definition) is 1. The third-order valence-electron chi connectivity index (χ3n) is 5.90. The molecule has 1 aromatic heterocycles. The fraction of sp³-hybridized carbons (Fsp3) is 0.588. The fourth-order valence-corrected chi connectivity index (χ4v) is 4.62. The molecule has 2 aromatic rings. The van der Waals surface area contributed by atoms with E-state index in [2.05, 4.69) is 40.5 Å². The van der Waals surface area contributed by atoms with Crippen molar-refractivity contribution in [1.29, 1.82) is 0 Å². The fourth-order valence-electron chi connectivity index (χ4n) is 4.62. The zero-order valence-corrected chi connectivity index (χ0v) is 12.4. The molecule has 4 heteroatoms. The molecule has 4 heterocycles. The molecule has 4 nitrogen and oxygen atoms in total. The normalized spacial score (nSPS) is 32.7. The molecule has 1 N–H and O–H groups in total. The Morgan fingerprint density at radius 3 is 2.86 bits per heavy atom. The number of hydrogen-bond acceptors (Lipinski definition) is 4. The molecule has 4 fully saturated rings. The highest BCUT2D eigenvalue weighted by atomic mass is 16.5. The quantitative estimate of drug-likeness (QED) is 0.919. The predicted octanol–water partition coefficient (Wildman–Crippen LogP) is 3.17. The summed E-state index contributed by atoms with van der Waals surface area (Å²) in [7, 11) is 0. The van der Waals surface area contributed by atoms with Gasteiger partial charge in [0, 0.05) is 11.6 Å². The van der Waals surface area contributed by atoms with Gasteiger partial charge in [-0.3, -0.25) is 4.90 Å². The van der Waals surface area contributed by atoms with Gasteiger partial charge < -0.3 is 9.84 Å². The first kappa shape index (κ1) is 12.0. The number of anilines is 1. The van der Waals surface area contributed by atoms with E-state index in [0.29, 0.717) is 11.6 Å². The number of nitrogens with zero attached hydrogens (tertiary/aromatic N) is 2. The molecular formula is C17H21N3O. The summed E-state index contributed by atoms with van der Waals surface area (Å²) < 4.78 is 5.51. The lowest BCUT2D eigenvalue weighted by atomic mass is 9.77. The molecule has 1 aromatic carbocycles. The van der Waals surface area contributed by atoms with Crippen molar-refractivity contribution in [2.45, 2.75) is 44.2 Å². The monoisotopic (exact) mass is 283 g/mol. The maximum Gasteiger partial charge on any atom is 0.177 e. The van der Waals surface area contributed by atoms with E-state index >= 15 is 0 Å². The Hall–Kier alpha value is -1.55. The molecule has 1 aliphatic carbocycles. The van der Waals surface area contributed by atoms with Gasteiger partial charge in [-0.25, -0.2) is 0 Å². The van der Waals surface area contributed by atoms with Crippen LogP contribution in [0.1, 0.15) is 31.2 Å². The van der Waals surface area contributed by atoms with E-state index in [-0.39, 0.29) is 0 Å². The van der Waals surface area contributed by atoms with E-state index in [1.807, 2.05) is 0 Å². The van der Waals surface area contributed by atoms with Crippen molar-refractivity contribution in [2.24, 2.45) is 5.92 Å². The average molecular weight is 283 g/mol. The Labute approximate surface area is 124 Å². The zero-order valence-electron chi connectivity index (χ0n) is 12.4. The van der Waals surface area contributed by atoms with Gasteiger partial charge in [-0.2, -0.15) is 0 Å². The summed E-state index contributed by atoms with van der Waals surface area (Å²) in [5.41, 5.74) is 2.53. The third-order valence-corrected chi connectivity index (χ3v) is 5.90. The first-order valence-electron chi connectivity index (χ1n) is 8.14. The van der Waals surface area contributed by atoms with Crippen LogP contribution in [0.5, 0.6) is 0 Å². The Bertz CT molecular complexity index is 695. The molecule has 0 unspecified atom stereocenters. The Morgan fingerprint density at radius 2 is 2.10 bits per heavy atom. The van der Waals surface area contributed by atoms with Crippen LogP contribution >= 0.6 is 0 Å². The summed E-state index contributed by atoms with van der Waals surface area (Å²) in [5, 5.41) is 9.18. The number of fused-ring (bicyclic) bond motifs is 3. The lowest BCUT2D eigenvalue weighted by Crippen LogP contribution is -2.62. The van der Waals surface area contributed by atoms with Gasteiger partial charge in [0.15, 0.2) is 11.4 Å². The highest BCUT2D eigenvalue weighted by Crippen LogP contribution is 2.54. The van der Waals surface area contributed by atoms with E-state index in [0.717, 1.165) is 22.7 Å². The maximum absolute atomic E-state index is 5.51. The predicted molar refractivity (Wildman–Crippen MR) is 82.4 cm³/mol. The van der Waals surface area contributed by atoms with Gasteiger partial charge in [-0.05, 0) is 69.3 Å². The van der Waals surface area contributed by atoms with Crippen molar-refractivity contribution in [3.63, 3.8) is 0 Å². The standard InChI is InChI=1S/C17H21N3O/c1-11-2-3-13-14(10-11)21-19-16(13)18-15-12-4-8-20(9-5-12)17(15)6-7-17/h2-3,10,12,15H,4-9H2,1H3,(H,18,19)/t15-/m0/s1. The summed E-state index contributed by atoms with van der Waals surface area (Å²) in [5.74, 6) is 1.74. The van der Waals surface area contributed by atoms with Gasteiger partial charge in [-0.15, -0.1) is 0 Å². The third kappa shape index (κ3) is 1.62. The summed E-state index contributed by atoms with van der Waals surface area (Å²) in [6.45, 7) is 4.67. The molecule has 0 amide bonds. The second-order valence-electron chi connectivity index (χ2n) is 7.08. The summed E-state index contributed by atoms with van der Waals surface area (Å²) in [6, 6.07) is 6.88. The van der Waals surface area contributed by atoms with Gasteiger partial charge in [0.05, 0.1) is 5.39 Å². The Balaban J connectivity index is 1.51. The summed E-state index contributed by atoms with van der Waals surface area (Å²) in [4.78, 5) is 2.72. The number of piperidine rings is 3. The van der Waals surface area contributed by atoms with E-state index < -0.39 is 0 Å². The topological polar surface area (TPSA) is 41.3 Å². The minimum Gasteiger partial charge on any atom is -0.362 e. The molecule has 6 rings (SSSR count). The van der Waals surface area contributed by atoms with Gasteiger partial charge in [0.2, 0.25) is 0 Å². The van der Waals surface area contributed by atoms with Crippen LogP contribution in [0.4, 0.5) is 5.82 Å². The van der Waals surface area contributed by atoms with Crippen molar-refractivity contribution < 1.29 is 4.52 Å². The van der Waals surface area contributed by atoms with Crippen molar-refractivity contribution in [1.82, 2.24) is 10.1 Å². The van der Waals surface area contributed by atoms with Gasteiger partial charge in [0.25, 0.3) is 0 Å². The minimum absolute atomic E-state index is 0.428. The first-order valence-corrected chi connectivity index (χ1v) is 8.14. The number of aryl methyl sites for hydroxylation is 1. The SMILES string of the molecule is Cc1ccc2c(N[C@H]3C4CCN(CC4)C34CC4)noc2c1. The smallest absolute Gasteiger partial charge is 0.177 e. The lowest BCUT2D eigenvalue weighted by molar-refractivity contribution is 0.0202. The molecule has 0 radical (unpaired) electrons. The molecule has 4 aliphatic rings. The van der Waals surface area contributed by atoms with Crippen molar-refractivity contribution in [3.05, 3.63) is 23.8 Å². The van der Waals surface area contributed by atoms with Crippen LogP contribution in [0.3, 0.4) is 0 Å². The molecular weight excluding hydrogens is 262 g/mol. The van der Waals surface area contributed by atoms with Gasteiger partial charge >= 0.3 is 0 Å². The van der Waals surface area contributed by atoms with Crippen LogP contribution < -0.4 is 5.32 Å². The number of aromatic nitrogens is 1. The second-order valence-corrected chi connectivity index (χ2v) is 7.08. The van der Waals surface area contributed by atoms with Crippen LogP contribution in [0.15, 0.2) is 22.7 Å². The van der Waals surface area contributed by atoms with Crippen LogP contribution in [0, 0.1) is 12.8 Å². The highest BCUT2D eigenvalue weighted by molar-refractivity contribution is 5.88. The summed E-state index contributed by atoms with van der Waals surface area (Å²) >= 11 is 0. The average Bonchev–Trinajstić information content (AvgIpc) is 3.19. The van der Waals surface area contributed by atoms with Crippen LogP contribution in [-0.4, -0.2) is 34.7 Å². The van der Waals surface area contributed by atoms with Crippen LogP contribution in [0.25, 0.3) is 11.0 Å². The second kappa shape index (κ2) is 4.01. The first-order chi connectivity index (χ1) is 10.3. The van der Waals surface area contributed by atoms with Crippen molar-refractivity contribution >= 4 is 16.8 Å². The Morgan fingerprint density at radius 1 is 1.29 bits per heavy atom. The molecule has 3 saturated heterocycles. The largest absolute Gasteiger partial charge is 0.362 e. The van der Waals surface area contributed by atoms with E-state index in [1.54, 1.807) is 0 Å². The van der Waals surface area contributed by atoms with E-state index in [1.165, 1.54) is 44.3 Å². The number of rotatable bonds is 2. The molecule has 1 spiro atoms. The minimum atomic E-state index is 0.428. The lowest BCUT2D eigenvalue weighted by Gasteiger charge is -2.52. The van der Waals surface area contributed by atoms with Crippen LogP contribution in [-0.2, 0) is 0 Å². The van der Waals surface area contributed by atoms with Gasteiger partial charge in [0.1, 0.15) is 0 Å². The van der Waals surface area contributed by atoms with Gasteiger partial charge in [-0.1, -0.05) is 11.2 Å². The highest BCUT2D eigenvalue weighted by Gasteiger charge is 2.60. The molecule has 21 heavy (non-hydrogen) atoms. The molecule has 110 valence electrons. The summed E-state index contributed by atoms with van der Waals surface area (Å²) in [6.07, 6.45) is 5.34. The Kier molecular flexibility index (Phi) is 2.30. The molecule has 1 saturated carbocycles. The van der Waals surface area contributed by atoms with E-state index in [4.69, 9.17) is 4.52 Å². The van der Waals surface area contributed by atoms with E-state index in [9.17, 15) is 0 Å². The van der Waals surface area contributed by atoms with Crippen molar-refractivity contribution in [3.8, 4) is 0 Å². The number of benzene rings is 1. The number of nitrogens with one attached hydrogen (secondary N) is 1. The maximum atomic E-state index is 5.51. The molecule has 1 atom stereocenters. The zero-order chi connectivity index (χ0) is 14.0. The van der Waals surface area contributed by atoms with Crippen molar-refractivity contribution in [2.75, 3.05) is 18.4 Å². The molecule has 2 bridgehead atoms. The van der Waals surface area contributed by atoms with Crippen LogP contribution in [0.2, 0.25) is 0 Å². The molecule has 3 aliphatic heterocycles.